The number of fused-ring (bicyclic) bond motifs is 1. The van der Waals surface area contributed by atoms with Crippen LogP contribution in [0, 0.1) is 0 Å². The minimum absolute atomic E-state index is 0.655. The smallest absolute Gasteiger partial charge is 0.0491 e. The Bertz CT molecular complexity index is 1060. The Morgan fingerprint density at radius 2 is 1.70 bits per heavy atom. The van der Waals surface area contributed by atoms with E-state index in [2.05, 4.69) is 45.3 Å². The third-order valence-corrected chi connectivity index (χ3v) is 5.21. The number of hydrogen-bond donors (Lipinski definition) is 1. The van der Waals surface area contributed by atoms with Crippen LogP contribution in [0.3, 0.4) is 0 Å². The third kappa shape index (κ3) is 4.16. The van der Waals surface area contributed by atoms with E-state index >= 15 is 0 Å². The fraction of sp³-hybridized carbons (Fsp3) is 0.136. The second-order valence-electron chi connectivity index (χ2n) is 6.49. The summed E-state index contributed by atoms with van der Waals surface area (Å²) in [6.07, 6.45) is 5.84. The normalized spacial score (nSPS) is 11.2. The Kier molecular flexibility index (Phi) is 5.44. The summed E-state index contributed by atoms with van der Waals surface area (Å²) in [5.74, 6) is 0. The number of nitrogens with zero attached hydrogens (tertiary/aromatic N) is 2. The molecule has 0 bridgehead atoms. The Labute approximate surface area is 168 Å². The first-order valence-electron chi connectivity index (χ1n) is 8.81. The van der Waals surface area contributed by atoms with Gasteiger partial charge in [-0.05, 0) is 47.0 Å². The highest BCUT2D eigenvalue weighted by Crippen LogP contribution is 2.26. The van der Waals surface area contributed by atoms with Crippen LogP contribution in [0.2, 0.25) is 10.0 Å². The van der Waals surface area contributed by atoms with Gasteiger partial charge in [-0.15, -0.1) is 0 Å². The monoisotopic (exact) mass is 395 g/mol. The van der Waals surface area contributed by atoms with E-state index in [9.17, 15) is 0 Å². The summed E-state index contributed by atoms with van der Waals surface area (Å²) < 4.78 is 2.24. The molecule has 0 spiro atoms. The van der Waals surface area contributed by atoms with Gasteiger partial charge in [0.25, 0.3) is 0 Å². The van der Waals surface area contributed by atoms with E-state index in [0.29, 0.717) is 16.6 Å². The number of pyridine rings is 1. The molecule has 27 heavy (non-hydrogen) atoms. The van der Waals surface area contributed by atoms with Crippen LogP contribution in [0.4, 0.5) is 0 Å². The van der Waals surface area contributed by atoms with E-state index in [1.165, 1.54) is 22.0 Å². The van der Waals surface area contributed by atoms with E-state index in [1.807, 2.05) is 36.7 Å². The average molecular weight is 396 g/mol. The summed E-state index contributed by atoms with van der Waals surface area (Å²) in [6.45, 7) is 2.32. The molecule has 5 heteroatoms. The molecule has 0 atom stereocenters. The molecule has 2 aromatic carbocycles. The summed E-state index contributed by atoms with van der Waals surface area (Å²) >= 11 is 12.4. The van der Waals surface area contributed by atoms with Gasteiger partial charge in [0, 0.05) is 59.2 Å². The zero-order valence-corrected chi connectivity index (χ0v) is 16.2. The molecule has 0 saturated carbocycles. The Morgan fingerprint density at radius 3 is 2.52 bits per heavy atom. The zero-order valence-electron chi connectivity index (χ0n) is 14.7. The van der Waals surface area contributed by atoms with Crippen molar-refractivity contribution in [2.24, 2.45) is 0 Å². The van der Waals surface area contributed by atoms with Gasteiger partial charge < -0.3 is 9.88 Å². The van der Waals surface area contributed by atoms with E-state index in [-0.39, 0.29) is 0 Å². The highest BCUT2D eigenvalue weighted by molar-refractivity contribution is 6.35. The van der Waals surface area contributed by atoms with Crippen molar-refractivity contribution in [2.45, 2.75) is 19.6 Å². The first-order chi connectivity index (χ1) is 13.2. The number of aromatic nitrogens is 2. The van der Waals surface area contributed by atoms with Gasteiger partial charge in [-0.2, -0.15) is 0 Å². The van der Waals surface area contributed by atoms with Gasteiger partial charge in [-0.25, -0.2) is 0 Å². The van der Waals surface area contributed by atoms with Crippen LogP contribution >= 0.6 is 23.2 Å². The van der Waals surface area contributed by atoms with Gasteiger partial charge in [0.2, 0.25) is 0 Å². The molecule has 0 fully saturated rings. The number of para-hydroxylation sites is 1. The average Bonchev–Trinajstić information content (AvgIpc) is 3.03. The molecule has 136 valence electrons. The maximum absolute atomic E-state index is 6.37. The number of benzene rings is 2. The van der Waals surface area contributed by atoms with Gasteiger partial charge in [0.05, 0.1) is 0 Å². The lowest BCUT2D eigenvalue weighted by Crippen LogP contribution is -2.12. The van der Waals surface area contributed by atoms with Crippen LogP contribution < -0.4 is 5.32 Å². The molecule has 0 radical (unpaired) electrons. The SMILES string of the molecule is Clc1ccc(Cn2cc(CNCc3ccncc3)c3ccccc32)c(Cl)c1. The molecular weight excluding hydrogens is 377 g/mol. The summed E-state index contributed by atoms with van der Waals surface area (Å²) in [7, 11) is 0. The van der Waals surface area contributed by atoms with Gasteiger partial charge in [-0.3, -0.25) is 4.98 Å². The Balaban J connectivity index is 1.57. The second kappa shape index (κ2) is 8.13. The first kappa shape index (κ1) is 18.1. The van der Waals surface area contributed by atoms with E-state index in [0.717, 1.165) is 18.7 Å². The van der Waals surface area contributed by atoms with Crippen molar-refractivity contribution >= 4 is 34.1 Å². The van der Waals surface area contributed by atoms with Crippen LogP contribution in [0.25, 0.3) is 10.9 Å². The van der Waals surface area contributed by atoms with Crippen LogP contribution in [0.5, 0.6) is 0 Å². The molecule has 0 saturated heterocycles. The molecule has 0 unspecified atom stereocenters. The highest BCUT2D eigenvalue weighted by atomic mass is 35.5. The van der Waals surface area contributed by atoms with Crippen molar-refractivity contribution in [2.75, 3.05) is 0 Å². The number of nitrogens with one attached hydrogen (secondary N) is 1. The quantitative estimate of drug-likeness (QED) is 0.454. The maximum Gasteiger partial charge on any atom is 0.0491 e. The maximum atomic E-state index is 6.37. The molecule has 0 amide bonds. The third-order valence-electron chi connectivity index (χ3n) is 4.62. The fourth-order valence-corrected chi connectivity index (χ4v) is 3.74. The standard InChI is InChI=1S/C22H19Cl2N3/c23-19-6-5-17(21(24)11-19)14-27-15-18(20-3-1-2-4-22(20)27)13-26-12-16-7-9-25-10-8-16/h1-11,15,26H,12-14H2. The molecular formula is C22H19Cl2N3. The van der Waals surface area contributed by atoms with Gasteiger partial charge in [0.15, 0.2) is 0 Å². The fourth-order valence-electron chi connectivity index (χ4n) is 3.27. The van der Waals surface area contributed by atoms with Crippen LogP contribution in [-0.2, 0) is 19.6 Å². The van der Waals surface area contributed by atoms with Gasteiger partial charge >= 0.3 is 0 Å². The number of rotatable bonds is 6. The van der Waals surface area contributed by atoms with E-state index in [1.54, 1.807) is 6.07 Å². The molecule has 4 aromatic rings. The summed E-state index contributed by atoms with van der Waals surface area (Å²) in [4.78, 5) is 4.06. The molecule has 0 aliphatic rings. The minimum Gasteiger partial charge on any atom is -0.343 e. The lowest BCUT2D eigenvalue weighted by molar-refractivity contribution is 0.692. The van der Waals surface area contributed by atoms with Crippen LogP contribution in [0.15, 0.2) is 73.2 Å². The van der Waals surface area contributed by atoms with Crippen LogP contribution in [-0.4, -0.2) is 9.55 Å². The highest BCUT2D eigenvalue weighted by Gasteiger charge is 2.10. The summed E-state index contributed by atoms with van der Waals surface area (Å²) in [6, 6.07) is 18.2. The molecule has 2 aromatic heterocycles. The van der Waals surface area contributed by atoms with Crippen molar-refractivity contribution in [3.63, 3.8) is 0 Å². The number of halogens is 2. The van der Waals surface area contributed by atoms with Crippen molar-refractivity contribution in [3.8, 4) is 0 Å². The van der Waals surface area contributed by atoms with E-state index in [4.69, 9.17) is 23.2 Å². The molecule has 1 N–H and O–H groups in total. The van der Waals surface area contributed by atoms with Crippen molar-refractivity contribution in [3.05, 3.63) is 99.9 Å². The predicted molar refractivity (Wildman–Crippen MR) is 112 cm³/mol. The zero-order chi connectivity index (χ0) is 18.6. The van der Waals surface area contributed by atoms with Crippen molar-refractivity contribution in [1.29, 1.82) is 0 Å². The van der Waals surface area contributed by atoms with Crippen molar-refractivity contribution < 1.29 is 0 Å². The lowest BCUT2D eigenvalue weighted by atomic mass is 10.1. The van der Waals surface area contributed by atoms with Crippen molar-refractivity contribution in [1.82, 2.24) is 14.9 Å². The van der Waals surface area contributed by atoms with Crippen LogP contribution in [0.1, 0.15) is 16.7 Å². The Morgan fingerprint density at radius 1 is 0.889 bits per heavy atom. The number of hydrogen-bond acceptors (Lipinski definition) is 2. The Hall–Kier alpha value is -2.33. The lowest BCUT2D eigenvalue weighted by Gasteiger charge is -2.08. The molecule has 0 aliphatic heterocycles. The summed E-state index contributed by atoms with van der Waals surface area (Å²) in [5, 5.41) is 6.12. The predicted octanol–water partition coefficient (Wildman–Crippen LogP) is 5.68. The molecule has 3 nitrogen and oxygen atoms in total. The molecule has 2 heterocycles. The topological polar surface area (TPSA) is 29.9 Å². The largest absolute Gasteiger partial charge is 0.343 e. The first-order valence-corrected chi connectivity index (χ1v) is 9.56. The molecule has 0 aliphatic carbocycles. The van der Waals surface area contributed by atoms with Gasteiger partial charge in [-0.1, -0.05) is 47.5 Å². The second-order valence-corrected chi connectivity index (χ2v) is 7.34. The minimum atomic E-state index is 0.655. The summed E-state index contributed by atoms with van der Waals surface area (Å²) in [5.41, 5.74) is 4.74. The van der Waals surface area contributed by atoms with E-state index < -0.39 is 0 Å². The van der Waals surface area contributed by atoms with Gasteiger partial charge in [0.1, 0.15) is 0 Å². The molecule has 4 rings (SSSR count).